The molecule has 0 aliphatic carbocycles. The van der Waals surface area contributed by atoms with E-state index < -0.39 is 0 Å². The molecule has 0 unspecified atom stereocenters. The molecule has 2 rings (SSSR count). The number of thioether (sulfide) groups is 1. The van der Waals surface area contributed by atoms with Crippen LogP contribution in [-0.4, -0.2) is 16.0 Å². The number of rotatable bonds is 6. The molecule has 0 saturated heterocycles. The van der Waals surface area contributed by atoms with Crippen molar-refractivity contribution in [1.82, 2.24) is 10.2 Å². The van der Waals surface area contributed by atoms with Crippen molar-refractivity contribution in [2.45, 2.75) is 10.9 Å². The predicted octanol–water partition coefficient (Wildman–Crippen LogP) is 3.02. The lowest BCUT2D eigenvalue weighted by atomic mass is 10.4. The number of hydrogen-bond acceptors (Lipinski definition) is 6. The Morgan fingerprint density at radius 1 is 1.56 bits per heavy atom. The summed E-state index contributed by atoms with van der Waals surface area (Å²) in [6.07, 6.45) is 3.50. The van der Waals surface area contributed by atoms with Gasteiger partial charge >= 0.3 is 0 Å². The Bertz CT molecular complexity index is 439. The number of nitrogens with one attached hydrogen (secondary N) is 1. The van der Waals surface area contributed by atoms with Crippen LogP contribution in [0.4, 0.5) is 5.13 Å². The van der Waals surface area contributed by atoms with E-state index in [4.69, 9.17) is 4.42 Å². The van der Waals surface area contributed by atoms with Crippen molar-refractivity contribution < 1.29 is 4.42 Å². The van der Waals surface area contributed by atoms with Crippen LogP contribution in [0.25, 0.3) is 0 Å². The second-order valence-corrected chi connectivity index (χ2v) is 5.15. The van der Waals surface area contributed by atoms with Gasteiger partial charge in [0.05, 0.1) is 12.8 Å². The van der Waals surface area contributed by atoms with Crippen LogP contribution in [0, 0.1) is 0 Å². The molecule has 4 nitrogen and oxygen atoms in total. The minimum absolute atomic E-state index is 0.633. The van der Waals surface area contributed by atoms with Gasteiger partial charge in [0, 0.05) is 5.75 Å². The molecule has 0 fully saturated rings. The molecular formula is C10H11N3OS2. The van der Waals surface area contributed by atoms with Crippen LogP contribution >= 0.6 is 23.1 Å². The molecule has 1 N–H and O–H groups in total. The van der Waals surface area contributed by atoms with E-state index in [0.29, 0.717) is 6.54 Å². The molecule has 0 bridgehead atoms. The highest BCUT2D eigenvalue weighted by atomic mass is 32.2. The number of hydrogen-bond donors (Lipinski definition) is 1. The first-order chi connectivity index (χ1) is 7.88. The standard InChI is InChI=1S/C10H11N3OS2/c1-2-6-15-10-13-12-9(16-10)11-7-8-4-3-5-14-8/h2-5H,1,6-7H2,(H,11,12). The number of aromatic nitrogens is 2. The summed E-state index contributed by atoms with van der Waals surface area (Å²) in [6, 6.07) is 3.78. The molecule has 0 radical (unpaired) electrons. The highest BCUT2D eigenvalue weighted by Gasteiger charge is 2.04. The Morgan fingerprint density at radius 3 is 3.25 bits per heavy atom. The summed E-state index contributed by atoms with van der Waals surface area (Å²) in [5, 5.41) is 12.0. The number of anilines is 1. The van der Waals surface area contributed by atoms with E-state index in [2.05, 4.69) is 22.1 Å². The summed E-state index contributed by atoms with van der Waals surface area (Å²) in [5.74, 6) is 1.74. The molecular weight excluding hydrogens is 242 g/mol. The maximum Gasteiger partial charge on any atom is 0.206 e. The quantitative estimate of drug-likeness (QED) is 0.633. The summed E-state index contributed by atoms with van der Waals surface area (Å²) in [4.78, 5) is 0. The second kappa shape index (κ2) is 5.72. The summed E-state index contributed by atoms with van der Waals surface area (Å²) >= 11 is 3.16. The van der Waals surface area contributed by atoms with Gasteiger partial charge < -0.3 is 9.73 Å². The molecule has 0 aromatic carbocycles. The molecule has 84 valence electrons. The van der Waals surface area contributed by atoms with Crippen molar-refractivity contribution in [3.63, 3.8) is 0 Å². The molecule has 0 aliphatic heterocycles. The molecule has 0 aliphatic rings. The molecule has 2 aromatic rings. The van der Waals surface area contributed by atoms with Crippen LogP contribution in [0.5, 0.6) is 0 Å². The third-order valence-corrected chi connectivity index (χ3v) is 3.74. The first-order valence-corrected chi connectivity index (χ1v) is 6.52. The highest BCUT2D eigenvalue weighted by Crippen LogP contribution is 2.25. The van der Waals surface area contributed by atoms with Crippen LogP contribution in [-0.2, 0) is 6.54 Å². The zero-order valence-corrected chi connectivity index (χ0v) is 10.2. The minimum atomic E-state index is 0.633. The van der Waals surface area contributed by atoms with Gasteiger partial charge in [0.1, 0.15) is 5.76 Å². The second-order valence-electron chi connectivity index (χ2n) is 2.91. The van der Waals surface area contributed by atoms with Crippen LogP contribution < -0.4 is 5.32 Å². The van der Waals surface area contributed by atoms with E-state index in [0.717, 1.165) is 21.0 Å². The molecule has 2 heterocycles. The lowest BCUT2D eigenvalue weighted by molar-refractivity contribution is 0.518. The van der Waals surface area contributed by atoms with E-state index in [9.17, 15) is 0 Å². The smallest absolute Gasteiger partial charge is 0.206 e. The average molecular weight is 253 g/mol. The largest absolute Gasteiger partial charge is 0.467 e. The average Bonchev–Trinajstić information content (AvgIpc) is 2.95. The Morgan fingerprint density at radius 2 is 2.50 bits per heavy atom. The maximum absolute atomic E-state index is 5.20. The number of nitrogens with zero attached hydrogens (tertiary/aromatic N) is 2. The van der Waals surface area contributed by atoms with Crippen molar-refractivity contribution in [2.75, 3.05) is 11.1 Å². The molecule has 6 heteroatoms. The fourth-order valence-corrected chi connectivity index (χ4v) is 2.55. The van der Waals surface area contributed by atoms with Crippen LogP contribution in [0.3, 0.4) is 0 Å². The molecule has 0 atom stereocenters. The van der Waals surface area contributed by atoms with Crippen molar-refractivity contribution in [3.05, 3.63) is 36.8 Å². The fraction of sp³-hybridized carbons (Fsp3) is 0.200. The number of furan rings is 1. The summed E-state index contributed by atoms with van der Waals surface area (Å²) in [7, 11) is 0. The van der Waals surface area contributed by atoms with Crippen molar-refractivity contribution >= 4 is 28.2 Å². The van der Waals surface area contributed by atoms with E-state index in [-0.39, 0.29) is 0 Å². The Kier molecular flexibility index (Phi) is 4.01. The first kappa shape index (κ1) is 11.2. The Labute approximate surface area is 102 Å². The predicted molar refractivity (Wildman–Crippen MR) is 66.9 cm³/mol. The van der Waals surface area contributed by atoms with Gasteiger partial charge in [-0.1, -0.05) is 29.2 Å². The van der Waals surface area contributed by atoms with E-state index in [1.54, 1.807) is 18.0 Å². The van der Waals surface area contributed by atoms with Crippen molar-refractivity contribution in [1.29, 1.82) is 0 Å². The lowest BCUT2D eigenvalue weighted by Crippen LogP contribution is -1.96. The molecule has 0 amide bonds. The third kappa shape index (κ3) is 3.11. The van der Waals surface area contributed by atoms with Crippen LogP contribution in [0.2, 0.25) is 0 Å². The summed E-state index contributed by atoms with van der Waals surface area (Å²) in [6.45, 7) is 4.29. The normalized spacial score (nSPS) is 10.2. The van der Waals surface area contributed by atoms with E-state index in [1.165, 1.54) is 11.3 Å². The van der Waals surface area contributed by atoms with Gasteiger partial charge in [0.25, 0.3) is 0 Å². The Hall–Kier alpha value is -1.27. The highest BCUT2D eigenvalue weighted by molar-refractivity contribution is 8.01. The van der Waals surface area contributed by atoms with Crippen molar-refractivity contribution in [3.8, 4) is 0 Å². The lowest BCUT2D eigenvalue weighted by Gasteiger charge is -1.96. The van der Waals surface area contributed by atoms with Crippen molar-refractivity contribution in [2.24, 2.45) is 0 Å². The monoisotopic (exact) mass is 253 g/mol. The first-order valence-electron chi connectivity index (χ1n) is 4.72. The SMILES string of the molecule is C=CCSc1nnc(NCc2ccco2)s1. The third-order valence-electron chi connectivity index (χ3n) is 1.73. The van der Waals surface area contributed by atoms with Crippen LogP contribution in [0.15, 0.2) is 39.8 Å². The van der Waals surface area contributed by atoms with Gasteiger partial charge in [0.2, 0.25) is 5.13 Å². The summed E-state index contributed by atoms with van der Waals surface area (Å²) in [5.41, 5.74) is 0. The zero-order valence-electron chi connectivity index (χ0n) is 8.55. The van der Waals surface area contributed by atoms with Gasteiger partial charge in [-0.05, 0) is 12.1 Å². The van der Waals surface area contributed by atoms with Gasteiger partial charge in [-0.2, -0.15) is 0 Å². The van der Waals surface area contributed by atoms with Gasteiger partial charge in [0.15, 0.2) is 4.34 Å². The molecule has 16 heavy (non-hydrogen) atoms. The molecule has 0 saturated carbocycles. The maximum atomic E-state index is 5.20. The van der Waals surface area contributed by atoms with Crippen LogP contribution in [0.1, 0.15) is 5.76 Å². The van der Waals surface area contributed by atoms with Gasteiger partial charge in [-0.15, -0.1) is 16.8 Å². The zero-order chi connectivity index (χ0) is 11.2. The van der Waals surface area contributed by atoms with E-state index >= 15 is 0 Å². The van der Waals surface area contributed by atoms with Gasteiger partial charge in [-0.3, -0.25) is 0 Å². The molecule has 2 aromatic heterocycles. The van der Waals surface area contributed by atoms with Gasteiger partial charge in [-0.25, -0.2) is 0 Å². The van der Waals surface area contributed by atoms with E-state index in [1.807, 2.05) is 18.2 Å². The Balaban J connectivity index is 1.85. The minimum Gasteiger partial charge on any atom is -0.467 e. The molecule has 0 spiro atoms. The topological polar surface area (TPSA) is 51.0 Å². The summed E-state index contributed by atoms with van der Waals surface area (Å²) < 4.78 is 6.15. The fourth-order valence-electron chi connectivity index (χ4n) is 1.05.